The van der Waals surface area contributed by atoms with Gasteiger partial charge >= 0.3 is 11.9 Å². The van der Waals surface area contributed by atoms with Crippen molar-refractivity contribution in [3.05, 3.63) is 155 Å². The fourth-order valence-electron chi connectivity index (χ4n) is 4.56. The van der Waals surface area contributed by atoms with Crippen LogP contribution in [0.5, 0.6) is 0 Å². The van der Waals surface area contributed by atoms with E-state index >= 15 is 0 Å². The minimum Gasteiger partial charge on any atom is -0.386 e. The van der Waals surface area contributed by atoms with Gasteiger partial charge in [0.1, 0.15) is 0 Å². The smallest absolute Gasteiger partial charge is 0.346 e. The zero-order chi connectivity index (χ0) is 26.5. The molecule has 0 unspecified atom stereocenters. The highest BCUT2D eigenvalue weighted by Gasteiger charge is 2.24. The minimum atomic E-state index is -0.757. The van der Waals surface area contributed by atoms with Crippen LogP contribution >= 0.6 is 0 Å². The summed E-state index contributed by atoms with van der Waals surface area (Å²) < 4.78 is 5.27. The van der Waals surface area contributed by atoms with Crippen molar-refractivity contribution in [1.82, 2.24) is 0 Å². The maximum Gasteiger partial charge on any atom is 0.346 e. The number of hydrogen-bond donors (Lipinski definition) is 0. The topological polar surface area (TPSA) is 60.4 Å². The Bertz CT molecular complexity index is 1620. The molecule has 0 aliphatic carbocycles. The van der Waals surface area contributed by atoms with Gasteiger partial charge in [-0.2, -0.15) is 0 Å². The van der Waals surface area contributed by atoms with E-state index < -0.39 is 11.9 Å². The molecule has 0 heterocycles. The van der Waals surface area contributed by atoms with Crippen LogP contribution in [0.3, 0.4) is 0 Å². The summed E-state index contributed by atoms with van der Waals surface area (Å²) in [6, 6.07) is 38.0. The Morgan fingerprint density at radius 1 is 0.500 bits per heavy atom. The van der Waals surface area contributed by atoms with Gasteiger partial charge in [-0.25, -0.2) is 9.59 Å². The molecule has 0 saturated carbocycles. The van der Waals surface area contributed by atoms with E-state index in [0.29, 0.717) is 16.7 Å². The van der Waals surface area contributed by atoms with Crippen LogP contribution in [0.2, 0.25) is 0 Å². The average molecular weight is 497 g/mol. The van der Waals surface area contributed by atoms with Gasteiger partial charge in [0.25, 0.3) is 0 Å². The molecule has 0 fully saturated rings. The standard InChI is InChI=1S/C34H24O4/c1-23-27(32(35)25-15-7-3-8-16-25)21-22-28(24-13-5-2-6-14-24)31(23)29-19-11-12-20-30(29)34(37)38-33(36)26-17-9-4-10-18-26/h2-22H,1H3. The summed E-state index contributed by atoms with van der Waals surface area (Å²) >= 11 is 0. The van der Waals surface area contributed by atoms with Crippen molar-refractivity contribution in [1.29, 1.82) is 0 Å². The second kappa shape index (κ2) is 10.9. The van der Waals surface area contributed by atoms with Gasteiger partial charge in [0.05, 0.1) is 11.1 Å². The lowest BCUT2D eigenvalue weighted by Crippen LogP contribution is -2.14. The van der Waals surface area contributed by atoms with E-state index in [1.807, 2.05) is 79.7 Å². The number of rotatable bonds is 6. The summed E-state index contributed by atoms with van der Waals surface area (Å²) in [7, 11) is 0. The summed E-state index contributed by atoms with van der Waals surface area (Å²) in [6.07, 6.45) is 0. The fourth-order valence-corrected chi connectivity index (χ4v) is 4.56. The van der Waals surface area contributed by atoms with Crippen LogP contribution in [-0.4, -0.2) is 17.7 Å². The molecule has 5 aromatic rings. The number of carbonyl (C=O) groups excluding carboxylic acids is 3. The molecule has 184 valence electrons. The van der Waals surface area contributed by atoms with Crippen molar-refractivity contribution in [2.45, 2.75) is 6.92 Å². The van der Waals surface area contributed by atoms with Crippen molar-refractivity contribution in [3.8, 4) is 22.3 Å². The third-order valence-corrected chi connectivity index (χ3v) is 6.44. The van der Waals surface area contributed by atoms with E-state index in [-0.39, 0.29) is 16.9 Å². The maximum atomic E-state index is 13.5. The molecule has 0 atom stereocenters. The van der Waals surface area contributed by atoms with Crippen molar-refractivity contribution >= 4 is 17.7 Å². The minimum absolute atomic E-state index is 0.108. The number of ketones is 1. The Kier molecular flexibility index (Phi) is 7.05. The predicted molar refractivity (Wildman–Crippen MR) is 148 cm³/mol. The molecule has 4 heteroatoms. The Balaban J connectivity index is 1.65. The summed E-state index contributed by atoms with van der Waals surface area (Å²) in [5.74, 6) is -1.59. The number of ether oxygens (including phenoxy) is 1. The molecular weight excluding hydrogens is 472 g/mol. The molecule has 0 radical (unpaired) electrons. The second-order valence-electron chi connectivity index (χ2n) is 8.81. The summed E-state index contributed by atoms with van der Waals surface area (Å²) in [5.41, 5.74) is 5.49. The largest absolute Gasteiger partial charge is 0.386 e. The van der Waals surface area contributed by atoms with E-state index in [0.717, 1.165) is 22.3 Å². The molecule has 38 heavy (non-hydrogen) atoms. The Hall–Kier alpha value is -5.09. The maximum absolute atomic E-state index is 13.5. The van der Waals surface area contributed by atoms with Gasteiger partial charge < -0.3 is 4.74 Å². The highest BCUT2D eigenvalue weighted by molar-refractivity contribution is 6.13. The van der Waals surface area contributed by atoms with E-state index in [4.69, 9.17) is 4.74 Å². The lowest BCUT2D eigenvalue weighted by atomic mass is 9.85. The van der Waals surface area contributed by atoms with E-state index in [2.05, 4.69) is 0 Å². The molecule has 0 aliphatic heterocycles. The van der Waals surface area contributed by atoms with E-state index in [1.165, 1.54) is 0 Å². The summed E-state index contributed by atoms with van der Waals surface area (Å²) in [4.78, 5) is 39.4. The SMILES string of the molecule is Cc1c(C(=O)c2ccccc2)ccc(-c2ccccc2)c1-c1ccccc1C(=O)OC(=O)c1ccccc1. The van der Waals surface area contributed by atoms with E-state index in [9.17, 15) is 14.4 Å². The summed E-state index contributed by atoms with van der Waals surface area (Å²) in [6.45, 7) is 1.88. The lowest BCUT2D eigenvalue weighted by Gasteiger charge is -2.19. The zero-order valence-electron chi connectivity index (χ0n) is 20.8. The van der Waals surface area contributed by atoms with Gasteiger partial charge in [0, 0.05) is 11.1 Å². The predicted octanol–water partition coefficient (Wildman–Crippen LogP) is 7.56. The molecule has 5 rings (SSSR count). The van der Waals surface area contributed by atoms with Crippen LogP contribution in [0.25, 0.3) is 22.3 Å². The van der Waals surface area contributed by atoms with Gasteiger partial charge in [-0.3, -0.25) is 4.79 Å². The first-order chi connectivity index (χ1) is 18.5. The number of hydrogen-bond acceptors (Lipinski definition) is 4. The highest BCUT2D eigenvalue weighted by atomic mass is 16.6. The van der Waals surface area contributed by atoms with Crippen LogP contribution in [0.15, 0.2) is 127 Å². The van der Waals surface area contributed by atoms with Crippen molar-refractivity contribution in [3.63, 3.8) is 0 Å². The van der Waals surface area contributed by atoms with Gasteiger partial charge in [0.2, 0.25) is 0 Å². The van der Waals surface area contributed by atoms with Gasteiger partial charge in [0.15, 0.2) is 5.78 Å². The fraction of sp³-hybridized carbons (Fsp3) is 0.0294. The molecule has 0 aliphatic rings. The number of carbonyl (C=O) groups is 3. The van der Waals surface area contributed by atoms with Crippen molar-refractivity contribution in [2.75, 3.05) is 0 Å². The third kappa shape index (κ3) is 4.93. The quantitative estimate of drug-likeness (QED) is 0.138. The Morgan fingerprint density at radius 3 is 1.71 bits per heavy atom. The first-order valence-electron chi connectivity index (χ1n) is 12.2. The van der Waals surface area contributed by atoms with E-state index in [1.54, 1.807) is 54.6 Å². The molecular formula is C34H24O4. The molecule has 0 saturated heterocycles. The second-order valence-corrected chi connectivity index (χ2v) is 8.81. The van der Waals surface area contributed by atoms with Crippen LogP contribution < -0.4 is 0 Å². The first kappa shape index (κ1) is 24.6. The molecule has 0 bridgehead atoms. The number of benzene rings is 5. The first-order valence-corrected chi connectivity index (χ1v) is 12.2. The molecule has 5 aromatic carbocycles. The van der Waals surface area contributed by atoms with Crippen LogP contribution in [-0.2, 0) is 4.74 Å². The molecule has 4 nitrogen and oxygen atoms in total. The van der Waals surface area contributed by atoms with Gasteiger partial charge in [-0.05, 0) is 52.9 Å². The number of esters is 2. The Morgan fingerprint density at radius 2 is 1.05 bits per heavy atom. The van der Waals surface area contributed by atoms with Crippen molar-refractivity contribution in [2.24, 2.45) is 0 Å². The Labute approximate surface area is 221 Å². The summed E-state index contributed by atoms with van der Waals surface area (Å²) in [5, 5.41) is 0. The highest BCUT2D eigenvalue weighted by Crippen LogP contribution is 2.39. The van der Waals surface area contributed by atoms with Gasteiger partial charge in [-0.15, -0.1) is 0 Å². The monoisotopic (exact) mass is 496 g/mol. The van der Waals surface area contributed by atoms with Crippen LogP contribution in [0, 0.1) is 6.92 Å². The van der Waals surface area contributed by atoms with Gasteiger partial charge in [-0.1, -0.05) is 109 Å². The third-order valence-electron chi connectivity index (χ3n) is 6.44. The lowest BCUT2D eigenvalue weighted by molar-refractivity contribution is 0.0398. The van der Waals surface area contributed by atoms with Crippen molar-refractivity contribution < 1.29 is 19.1 Å². The molecule has 0 aromatic heterocycles. The van der Waals surface area contributed by atoms with Crippen LogP contribution in [0.1, 0.15) is 42.2 Å². The van der Waals surface area contributed by atoms with Crippen LogP contribution in [0.4, 0.5) is 0 Å². The molecule has 0 N–H and O–H groups in total. The molecule has 0 amide bonds. The average Bonchev–Trinajstić information content (AvgIpc) is 2.98. The normalized spacial score (nSPS) is 10.6. The molecule has 0 spiro atoms. The zero-order valence-corrected chi connectivity index (χ0v) is 20.8.